The van der Waals surface area contributed by atoms with Gasteiger partial charge in [-0.25, -0.2) is 0 Å². The number of amides is 1. The number of halogens is 1. The van der Waals surface area contributed by atoms with Crippen LogP contribution in [0.2, 0.25) is 0 Å². The monoisotopic (exact) mass is 321 g/mol. The van der Waals surface area contributed by atoms with E-state index in [1.165, 1.54) is 12.8 Å². The quantitative estimate of drug-likeness (QED) is 0.806. The second kappa shape index (κ2) is 7.65. The average molecular weight is 322 g/mol. The number of piperidine rings is 1. The normalized spacial score (nSPS) is 19.4. The van der Waals surface area contributed by atoms with Gasteiger partial charge in [-0.15, -0.1) is 12.4 Å². The predicted octanol–water partition coefficient (Wildman–Crippen LogP) is 3.55. The number of rotatable bonds is 4. The Balaban J connectivity index is 0.00000176. The molecule has 0 radical (unpaired) electrons. The SMILES string of the molecule is CC(CC(=O)Nc1cccc2[nH]ccc12)C1CCCNC1.Cl. The van der Waals surface area contributed by atoms with Crippen LogP contribution in [0.3, 0.4) is 0 Å². The van der Waals surface area contributed by atoms with Gasteiger partial charge in [-0.1, -0.05) is 13.0 Å². The fraction of sp³-hybridized carbons (Fsp3) is 0.471. The van der Waals surface area contributed by atoms with Crippen molar-refractivity contribution >= 4 is 34.9 Å². The molecule has 3 rings (SSSR count). The zero-order valence-electron chi connectivity index (χ0n) is 12.9. The number of carbonyl (C=O) groups excluding carboxylic acids is 1. The van der Waals surface area contributed by atoms with Gasteiger partial charge in [0.2, 0.25) is 5.91 Å². The number of hydrogen-bond acceptors (Lipinski definition) is 2. The molecule has 1 aromatic heterocycles. The number of carbonyl (C=O) groups is 1. The van der Waals surface area contributed by atoms with Gasteiger partial charge in [-0.3, -0.25) is 4.79 Å². The molecule has 2 atom stereocenters. The lowest BCUT2D eigenvalue weighted by molar-refractivity contribution is -0.117. The van der Waals surface area contributed by atoms with Crippen LogP contribution in [0.4, 0.5) is 5.69 Å². The van der Waals surface area contributed by atoms with Gasteiger partial charge in [-0.05, 0) is 56.0 Å². The minimum absolute atomic E-state index is 0. The van der Waals surface area contributed by atoms with Crippen LogP contribution in [0.5, 0.6) is 0 Å². The highest BCUT2D eigenvalue weighted by atomic mass is 35.5. The Kier molecular flexibility index (Phi) is 5.86. The first-order chi connectivity index (χ1) is 10.2. The molecule has 0 spiro atoms. The van der Waals surface area contributed by atoms with Crippen LogP contribution in [-0.2, 0) is 4.79 Å². The van der Waals surface area contributed by atoms with Gasteiger partial charge in [0.1, 0.15) is 0 Å². The van der Waals surface area contributed by atoms with Gasteiger partial charge in [0.25, 0.3) is 0 Å². The van der Waals surface area contributed by atoms with Crippen molar-refractivity contribution in [2.24, 2.45) is 11.8 Å². The summed E-state index contributed by atoms with van der Waals surface area (Å²) in [7, 11) is 0. The van der Waals surface area contributed by atoms with Crippen molar-refractivity contribution in [3.8, 4) is 0 Å². The highest BCUT2D eigenvalue weighted by Crippen LogP contribution is 2.25. The van der Waals surface area contributed by atoms with Crippen LogP contribution in [-0.4, -0.2) is 24.0 Å². The molecule has 0 saturated carbocycles. The van der Waals surface area contributed by atoms with Gasteiger partial charge >= 0.3 is 0 Å². The van der Waals surface area contributed by atoms with Crippen molar-refractivity contribution in [2.75, 3.05) is 18.4 Å². The summed E-state index contributed by atoms with van der Waals surface area (Å²) in [6.45, 7) is 4.35. The number of fused-ring (bicyclic) bond motifs is 1. The summed E-state index contributed by atoms with van der Waals surface area (Å²) < 4.78 is 0. The molecular formula is C17H24ClN3O. The standard InChI is InChI=1S/C17H23N3O.ClH/c1-12(13-4-3-8-18-11-13)10-17(21)20-16-6-2-5-15-14(16)7-9-19-15;/h2,5-7,9,12-13,18-19H,3-4,8,10-11H2,1H3,(H,20,21);1H. The van der Waals surface area contributed by atoms with E-state index in [1.807, 2.05) is 30.5 Å². The minimum Gasteiger partial charge on any atom is -0.361 e. The average Bonchev–Trinajstić information content (AvgIpc) is 2.97. The number of hydrogen-bond donors (Lipinski definition) is 3. The Morgan fingerprint density at radius 2 is 2.27 bits per heavy atom. The van der Waals surface area contributed by atoms with Crippen LogP contribution in [0.1, 0.15) is 26.2 Å². The summed E-state index contributed by atoms with van der Waals surface area (Å²) in [5.74, 6) is 1.15. The summed E-state index contributed by atoms with van der Waals surface area (Å²) in [4.78, 5) is 15.5. The molecule has 1 aliphatic rings. The molecule has 2 heterocycles. The Hall–Kier alpha value is -1.52. The van der Waals surface area contributed by atoms with Crippen molar-refractivity contribution in [3.05, 3.63) is 30.5 Å². The highest BCUT2D eigenvalue weighted by Gasteiger charge is 2.22. The summed E-state index contributed by atoms with van der Waals surface area (Å²) in [5, 5.41) is 7.55. The molecule has 0 aliphatic carbocycles. The van der Waals surface area contributed by atoms with E-state index in [0.717, 1.165) is 29.7 Å². The van der Waals surface area contributed by atoms with E-state index in [0.29, 0.717) is 18.3 Å². The van der Waals surface area contributed by atoms with Crippen LogP contribution in [0, 0.1) is 11.8 Å². The highest BCUT2D eigenvalue weighted by molar-refractivity contribution is 6.01. The van der Waals surface area contributed by atoms with E-state index in [2.05, 4.69) is 22.5 Å². The smallest absolute Gasteiger partial charge is 0.224 e. The van der Waals surface area contributed by atoms with E-state index in [4.69, 9.17) is 0 Å². The number of benzene rings is 1. The van der Waals surface area contributed by atoms with Crippen molar-refractivity contribution in [2.45, 2.75) is 26.2 Å². The number of anilines is 1. The fourth-order valence-corrected chi connectivity index (χ4v) is 3.22. The first-order valence-corrected chi connectivity index (χ1v) is 7.80. The second-order valence-corrected chi connectivity index (χ2v) is 6.08. The van der Waals surface area contributed by atoms with E-state index in [1.54, 1.807) is 0 Å². The number of nitrogens with one attached hydrogen (secondary N) is 3. The zero-order valence-corrected chi connectivity index (χ0v) is 13.7. The molecule has 2 aromatic rings. The maximum atomic E-state index is 12.3. The summed E-state index contributed by atoms with van der Waals surface area (Å²) in [5.41, 5.74) is 1.95. The number of aromatic nitrogens is 1. The van der Waals surface area contributed by atoms with Gasteiger partial charge in [-0.2, -0.15) is 0 Å². The molecule has 0 bridgehead atoms. The Morgan fingerprint density at radius 3 is 3.05 bits per heavy atom. The third-order valence-electron chi connectivity index (χ3n) is 4.52. The molecule has 1 saturated heterocycles. The molecular weight excluding hydrogens is 298 g/mol. The van der Waals surface area contributed by atoms with Gasteiger partial charge < -0.3 is 15.6 Å². The lowest BCUT2D eigenvalue weighted by Crippen LogP contribution is -2.34. The maximum Gasteiger partial charge on any atom is 0.224 e. The van der Waals surface area contributed by atoms with Crippen molar-refractivity contribution < 1.29 is 4.79 Å². The van der Waals surface area contributed by atoms with E-state index in [9.17, 15) is 4.79 Å². The van der Waals surface area contributed by atoms with Gasteiger partial charge in [0, 0.05) is 23.5 Å². The molecule has 2 unspecified atom stereocenters. The van der Waals surface area contributed by atoms with Crippen LogP contribution >= 0.6 is 12.4 Å². The first kappa shape index (κ1) is 16.8. The second-order valence-electron chi connectivity index (χ2n) is 6.08. The third-order valence-corrected chi connectivity index (χ3v) is 4.52. The first-order valence-electron chi connectivity index (χ1n) is 7.80. The molecule has 4 nitrogen and oxygen atoms in total. The van der Waals surface area contributed by atoms with Crippen molar-refractivity contribution in [1.29, 1.82) is 0 Å². The minimum atomic E-state index is 0. The molecule has 120 valence electrons. The molecule has 1 fully saturated rings. The summed E-state index contributed by atoms with van der Waals surface area (Å²) >= 11 is 0. The third kappa shape index (κ3) is 3.81. The van der Waals surface area contributed by atoms with Gasteiger partial charge in [0.05, 0.1) is 5.69 Å². The summed E-state index contributed by atoms with van der Waals surface area (Å²) in [6, 6.07) is 7.94. The van der Waals surface area contributed by atoms with Crippen molar-refractivity contribution in [3.63, 3.8) is 0 Å². The number of aromatic amines is 1. The zero-order chi connectivity index (χ0) is 14.7. The maximum absolute atomic E-state index is 12.3. The predicted molar refractivity (Wildman–Crippen MR) is 93.6 cm³/mol. The molecule has 1 aromatic carbocycles. The Bertz CT molecular complexity index is 619. The van der Waals surface area contributed by atoms with Gasteiger partial charge in [0.15, 0.2) is 0 Å². The Morgan fingerprint density at radius 1 is 1.41 bits per heavy atom. The fourth-order valence-electron chi connectivity index (χ4n) is 3.22. The molecule has 22 heavy (non-hydrogen) atoms. The van der Waals surface area contributed by atoms with Crippen LogP contribution in [0.25, 0.3) is 10.9 Å². The largest absolute Gasteiger partial charge is 0.361 e. The molecule has 1 aliphatic heterocycles. The van der Waals surface area contributed by atoms with Crippen LogP contribution in [0.15, 0.2) is 30.5 Å². The van der Waals surface area contributed by atoms with E-state index in [-0.39, 0.29) is 18.3 Å². The molecule has 3 N–H and O–H groups in total. The van der Waals surface area contributed by atoms with Crippen LogP contribution < -0.4 is 10.6 Å². The molecule has 5 heteroatoms. The Labute approximate surface area is 137 Å². The van der Waals surface area contributed by atoms with E-state index < -0.39 is 0 Å². The molecule has 1 amide bonds. The summed E-state index contributed by atoms with van der Waals surface area (Å²) in [6.07, 6.45) is 4.94. The number of H-pyrrole nitrogens is 1. The topological polar surface area (TPSA) is 56.9 Å². The lowest BCUT2D eigenvalue weighted by atomic mass is 9.85. The lowest BCUT2D eigenvalue weighted by Gasteiger charge is -2.28. The van der Waals surface area contributed by atoms with Crippen molar-refractivity contribution in [1.82, 2.24) is 10.3 Å². The van der Waals surface area contributed by atoms with E-state index >= 15 is 0 Å².